The molecule has 0 aliphatic carbocycles. The summed E-state index contributed by atoms with van der Waals surface area (Å²) in [5.41, 5.74) is 6.05. The minimum atomic E-state index is -1.44. The maximum absolute atomic E-state index is 13.8. The summed E-state index contributed by atoms with van der Waals surface area (Å²) in [4.78, 5) is 41.9. The van der Waals surface area contributed by atoms with Gasteiger partial charge in [-0.15, -0.1) is 11.8 Å². The summed E-state index contributed by atoms with van der Waals surface area (Å²) in [5.74, 6) is -1.98. The molecule has 0 bridgehead atoms. The van der Waals surface area contributed by atoms with Crippen molar-refractivity contribution in [1.29, 1.82) is 0 Å². The Morgan fingerprint density at radius 1 is 0.358 bits per heavy atom. The molecule has 18 nitrogen and oxygen atoms in total. The van der Waals surface area contributed by atoms with Crippen molar-refractivity contribution in [2.75, 3.05) is 13.2 Å². The van der Waals surface area contributed by atoms with E-state index in [1.807, 2.05) is 213 Å². The minimum Gasteiger partial charge on any atom is -0.454 e. The number of carbonyl (C=O) groups is 3. The van der Waals surface area contributed by atoms with Crippen LogP contribution in [0.1, 0.15) is 80.5 Å². The van der Waals surface area contributed by atoms with Gasteiger partial charge in [0, 0.05) is 30.9 Å². The number of hydrogen-bond acceptors (Lipinski definition) is 19. The third kappa shape index (κ3) is 20.9. The Kier molecular flexibility index (Phi) is 26.9. The molecule has 0 amide bonds. The molecule has 3 fully saturated rings. The molecule has 0 N–H and O–H groups in total. The van der Waals surface area contributed by atoms with Crippen LogP contribution in [0.4, 0.5) is 0 Å². The average Bonchev–Trinajstić information content (AvgIpc) is 0.840. The molecular formula is C76H86O18S. The fraction of sp³-hybridized carbons (Fsp3) is 0.408. The van der Waals surface area contributed by atoms with Gasteiger partial charge < -0.3 is 71.1 Å². The van der Waals surface area contributed by atoms with Gasteiger partial charge in [0.25, 0.3) is 0 Å². The van der Waals surface area contributed by atoms with Crippen LogP contribution >= 0.6 is 11.8 Å². The molecule has 7 aromatic rings. The Morgan fingerprint density at radius 3 is 1.15 bits per heavy atom. The van der Waals surface area contributed by atoms with Crippen LogP contribution in [-0.4, -0.2) is 128 Å². The summed E-state index contributed by atoms with van der Waals surface area (Å²) >= 11 is 1.67. The zero-order valence-corrected chi connectivity index (χ0v) is 55.3. The molecule has 3 saturated heterocycles. The summed E-state index contributed by atoms with van der Waals surface area (Å²) in [7, 11) is 0. The zero-order valence-electron chi connectivity index (χ0n) is 54.5. The van der Waals surface area contributed by atoms with Crippen molar-refractivity contribution in [3.8, 4) is 0 Å². The number of esters is 3. The molecular weight excluding hydrogens is 1230 g/mol. The molecule has 0 radical (unpaired) electrons. The van der Waals surface area contributed by atoms with Crippen LogP contribution in [-0.2, 0) is 132 Å². The summed E-state index contributed by atoms with van der Waals surface area (Å²) < 4.78 is 102. The normalized spacial score (nSPS) is 25.9. The standard InChI is InChI=1S/C76H86O18S/c1-50(2)95-64-40-26-25-39-61(64)47-86-75-73(91-54(6)79)70(94-76-72(90-53(5)78)68(84-45-59-35-21-11-22-36-59)65(51(3)88-76)81-42-56-29-15-8-16-30-56)67(83-44-58-33-19-10-20-34-58)63(93-75)49-87-74-71(89-52(4)77)69(85-46-60-37-23-12-24-38-60)66(82-43-57-31-17-9-18-32-57)62(92-74)48-80-41-55-27-13-7-14-28-55/h7-40,50-51,62-63,65-76H,41-49H2,1-6H3/t51-,62+,63+,65-,66+,67+,68+,69-,70-,71+,72+,73+,74+,75+,76-/m0/s1. The first-order valence-electron chi connectivity index (χ1n) is 32.3. The fourth-order valence-corrected chi connectivity index (χ4v) is 12.6. The molecule has 3 aliphatic heterocycles. The third-order valence-corrected chi connectivity index (χ3v) is 17.2. The highest BCUT2D eigenvalue weighted by Gasteiger charge is 2.57. The zero-order chi connectivity index (χ0) is 66.3. The van der Waals surface area contributed by atoms with Crippen molar-refractivity contribution in [3.63, 3.8) is 0 Å². The lowest BCUT2D eigenvalue weighted by molar-refractivity contribution is -0.374. The Morgan fingerprint density at radius 2 is 0.705 bits per heavy atom. The predicted molar refractivity (Wildman–Crippen MR) is 353 cm³/mol. The lowest BCUT2D eigenvalue weighted by Gasteiger charge is -2.50. The number of hydrogen-bond donors (Lipinski definition) is 0. The number of benzene rings is 7. The first-order valence-corrected chi connectivity index (χ1v) is 33.2. The van der Waals surface area contributed by atoms with Gasteiger partial charge in [0.1, 0.15) is 48.8 Å². The summed E-state index contributed by atoms with van der Waals surface area (Å²) in [6.07, 6.45) is -17.4. The summed E-state index contributed by atoms with van der Waals surface area (Å²) in [6, 6.07) is 65.7. The van der Waals surface area contributed by atoms with Crippen LogP contribution in [0.2, 0.25) is 0 Å². The molecule has 0 unspecified atom stereocenters. The summed E-state index contributed by atoms with van der Waals surface area (Å²) in [5, 5.41) is 0.228. The van der Waals surface area contributed by atoms with Gasteiger partial charge in [-0.3, -0.25) is 14.4 Å². The van der Waals surface area contributed by atoms with E-state index in [0.717, 1.165) is 43.8 Å². The molecule has 0 spiro atoms. The molecule has 3 heterocycles. The van der Waals surface area contributed by atoms with Crippen molar-refractivity contribution in [2.24, 2.45) is 0 Å². The first-order chi connectivity index (χ1) is 46.3. The third-order valence-electron chi connectivity index (χ3n) is 16.1. The average molecular weight is 1320 g/mol. The van der Waals surface area contributed by atoms with E-state index in [-0.39, 0.29) is 64.7 Å². The van der Waals surface area contributed by atoms with Crippen LogP contribution in [0.15, 0.2) is 211 Å². The fourth-order valence-electron chi connectivity index (χ4n) is 11.7. The highest BCUT2D eigenvalue weighted by Crippen LogP contribution is 2.39. The number of rotatable bonds is 32. The Hall–Kier alpha value is -7.18. The number of thioether (sulfide) groups is 1. The molecule has 3 aliphatic rings. The Balaban J connectivity index is 1.05. The summed E-state index contributed by atoms with van der Waals surface area (Å²) in [6.45, 7) is 10.3. The lowest BCUT2D eigenvalue weighted by atomic mass is 9.95. The number of ether oxygens (including phenoxy) is 15. The Bertz CT molecular complexity index is 3390. The second-order valence-corrected chi connectivity index (χ2v) is 25.5. The molecule has 7 aromatic carbocycles. The van der Waals surface area contributed by atoms with E-state index >= 15 is 0 Å². The van der Waals surface area contributed by atoms with Crippen molar-refractivity contribution >= 4 is 29.7 Å². The van der Waals surface area contributed by atoms with Gasteiger partial charge in [-0.25, -0.2) is 0 Å². The molecule has 504 valence electrons. The van der Waals surface area contributed by atoms with E-state index in [9.17, 15) is 14.4 Å². The van der Waals surface area contributed by atoms with Gasteiger partial charge >= 0.3 is 17.9 Å². The van der Waals surface area contributed by atoms with E-state index in [4.69, 9.17) is 71.1 Å². The van der Waals surface area contributed by atoms with Crippen LogP contribution in [0.3, 0.4) is 0 Å². The van der Waals surface area contributed by atoms with Gasteiger partial charge in [-0.05, 0) is 51.9 Å². The van der Waals surface area contributed by atoms with Crippen LogP contribution in [0, 0.1) is 0 Å². The highest BCUT2D eigenvalue weighted by atomic mass is 32.2. The molecule has 0 saturated carbocycles. The maximum atomic E-state index is 13.8. The highest BCUT2D eigenvalue weighted by molar-refractivity contribution is 8.00. The molecule has 15 atom stereocenters. The van der Waals surface area contributed by atoms with Gasteiger partial charge in [0.2, 0.25) is 0 Å². The van der Waals surface area contributed by atoms with Crippen LogP contribution < -0.4 is 0 Å². The van der Waals surface area contributed by atoms with E-state index in [1.165, 1.54) is 20.8 Å². The molecule has 19 heteroatoms. The van der Waals surface area contributed by atoms with Gasteiger partial charge in [0.15, 0.2) is 37.2 Å². The molecule has 95 heavy (non-hydrogen) atoms. The van der Waals surface area contributed by atoms with Gasteiger partial charge in [-0.2, -0.15) is 0 Å². The largest absolute Gasteiger partial charge is 0.454 e. The van der Waals surface area contributed by atoms with E-state index in [1.54, 1.807) is 11.8 Å². The van der Waals surface area contributed by atoms with Crippen molar-refractivity contribution < 1.29 is 85.4 Å². The van der Waals surface area contributed by atoms with Crippen molar-refractivity contribution in [3.05, 3.63) is 245 Å². The predicted octanol–water partition coefficient (Wildman–Crippen LogP) is 12.2. The monoisotopic (exact) mass is 1320 g/mol. The maximum Gasteiger partial charge on any atom is 0.303 e. The minimum absolute atomic E-state index is 0.00107. The number of carbonyl (C=O) groups excluding carboxylic acids is 3. The second-order valence-electron chi connectivity index (χ2n) is 23.8. The second kappa shape index (κ2) is 36.2. The van der Waals surface area contributed by atoms with Crippen molar-refractivity contribution in [1.82, 2.24) is 0 Å². The smallest absolute Gasteiger partial charge is 0.303 e. The topological polar surface area (TPSA) is 190 Å². The van der Waals surface area contributed by atoms with Crippen LogP contribution in [0.5, 0.6) is 0 Å². The molecule has 0 aromatic heterocycles. The lowest BCUT2D eigenvalue weighted by Crippen LogP contribution is -2.66. The van der Waals surface area contributed by atoms with Gasteiger partial charge in [-0.1, -0.05) is 214 Å². The SMILES string of the molecule is CC(=O)O[C@H]1[C@H](O[C@@H]2[C@@H](OC(C)=O)[C@H](OCc3ccccc3SC(C)C)O[C@H](CO[C@@H]3O[C@H](COCc4ccccc4)[C@@H](OCc4ccccc4)[C@H](OCc4ccccc4)[C@H]3OC(C)=O)[C@H]2OCc2ccccc2)O[C@@H](C)[C@H](OCc2ccccc2)[C@H]1OCc1ccccc1. The van der Waals surface area contributed by atoms with Gasteiger partial charge in [0.05, 0.1) is 65.6 Å². The first kappa shape index (κ1) is 70.6. The molecule has 10 rings (SSSR count). The van der Waals surface area contributed by atoms with E-state index < -0.39 is 110 Å². The van der Waals surface area contributed by atoms with Crippen LogP contribution in [0.25, 0.3) is 0 Å². The van der Waals surface area contributed by atoms with Crippen molar-refractivity contribution in [2.45, 2.75) is 190 Å². The van der Waals surface area contributed by atoms with E-state index in [0.29, 0.717) is 0 Å². The van der Waals surface area contributed by atoms with E-state index in [2.05, 4.69) is 13.8 Å². The Labute approximate surface area is 560 Å². The quantitative estimate of drug-likeness (QED) is 0.0220.